The molecule has 0 unspecified atom stereocenters. The highest BCUT2D eigenvalue weighted by Crippen LogP contribution is 2.25. The van der Waals surface area contributed by atoms with Crippen molar-refractivity contribution in [1.82, 2.24) is 5.32 Å². The van der Waals surface area contributed by atoms with Crippen molar-refractivity contribution in [2.45, 2.75) is 6.42 Å². The minimum atomic E-state index is -0.239. The molecule has 3 nitrogen and oxygen atoms in total. The Balaban J connectivity index is 1.97. The van der Waals surface area contributed by atoms with Crippen molar-refractivity contribution in [3.8, 4) is 5.75 Å². The Kier molecular flexibility index (Phi) is 5.48. The van der Waals surface area contributed by atoms with Gasteiger partial charge in [-0.2, -0.15) is 0 Å². The number of hydrogen-bond donors (Lipinski definition) is 1. The largest absolute Gasteiger partial charge is 0.496 e. The zero-order valence-electron chi connectivity index (χ0n) is 11.5. The quantitative estimate of drug-likeness (QED) is 0.904. The second-order valence-electron chi connectivity index (χ2n) is 4.42. The zero-order chi connectivity index (χ0) is 15.2. The molecule has 0 aliphatic carbocycles. The summed E-state index contributed by atoms with van der Waals surface area (Å²) in [4.78, 5) is 12.1. The smallest absolute Gasteiger partial charge is 0.252 e. The number of amides is 1. The van der Waals surface area contributed by atoms with Crippen LogP contribution in [0.4, 0.5) is 0 Å². The Morgan fingerprint density at radius 1 is 1.14 bits per heavy atom. The molecular formula is C16H15Cl2NO2. The van der Waals surface area contributed by atoms with Crippen LogP contribution < -0.4 is 10.1 Å². The molecule has 0 fully saturated rings. The number of benzene rings is 2. The van der Waals surface area contributed by atoms with Crippen molar-refractivity contribution < 1.29 is 9.53 Å². The van der Waals surface area contributed by atoms with Crippen LogP contribution in [0, 0.1) is 0 Å². The number of nitrogens with one attached hydrogen (secondary N) is 1. The van der Waals surface area contributed by atoms with E-state index in [0.29, 0.717) is 23.6 Å². The van der Waals surface area contributed by atoms with Crippen molar-refractivity contribution in [2.24, 2.45) is 0 Å². The average Bonchev–Trinajstić information content (AvgIpc) is 2.50. The van der Waals surface area contributed by atoms with Gasteiger partial charge in [-0.3, -0.25) is 4.79 Å². The van der Waals surface area contributed by atoms with Crippen LogP contribution in [0.25, 0.3) is 0 Å². The fraction of sp³-hybridized carbons (Fsp3) is 0.188. The van der Waals surface area contributed by atoms with Gasteiger partial charge in [0.15, 0.2) is 0 Å². The summed E-state index contributed by atoms with van der Waals surface area (Å²) in [6.07, 6.45) is 0.675. The van der Waals surface area contributed by atoms with Gasteiger partial charge in [-0.25, -0.2) is 0 Å². The molecular weight excluding hydrogens is 309 g/mol. The maximum absolute atomic E-state index is 12.1. The third kappa shape index (κ3) is 3.90. The molecule has 21 heavy (non-hydrogen) atoms. The van der Waals surface area contributed by atoms with E-state index >= 15 is 0 Å². The maximum Gasteiger partial charge on any atom is 0.252 e. The summed E-state index contributed by atoms with van der Waals surface area (Å²) < 4.78 is 5.27. The van der Waals surface area contributed by atoms with Crippen molar-refractivity contribution in [3.05, 3.63) is 63.6 Å². The van der Waals surface area contributed by atoms with Gasteiger partial charge >= 0.3 is 0 Å². The van der Waals surface area contributed by atoms with E-state index in [1.807, 2.05) is 24.3 Å². The lowest BCUT2D eigenvalue weighted by atomic mass is 10.1. The normalized spacial score (nSPS) is 10.2. The van der Waals surface area contributed by atoms with Gasteiger partial charge in [-0.1, -0.05) is 47.5 Å². The van der Waals surface area contributed by atoms with Crippen molar-refractivity contribution >= 4 is 29.1 Å². The topological polar surface area (TPSA) is 38.3 Å². The lowest BCUT2D eigenvalue weighted by Crippen LogP contribution is -2.26. The molecule has 0 atom stereocenters. The summed E-state index contributed by atoms with van der Waals surface area (Å²) >= 11 is 11.9. The van der Waals surface area contributed by atoms with Gasteiger partial charge in [-0.15, -0.1) is 0 Å². The zero-order valence-corrected chi connectivity index (χ0v) is 13.0. The molecule has 110 valence electrons. The van der Waals surface area contributed by atoms with Gasteiger partial charge in [0.1, 0.15) is 5.75 Å². The lowest BCUT2D eigenvalue weighted by Gasteiger charge is -2.10. The Hall–Kier alpha value is -1.71. The van der Waals surface area contributed by atoms with Gasteiger partial charge in [-0.05, 0) is 30.2 Å². The van der Waals surface area contributed by atoms with Crippen LogP contribution in [-0.2, 0) is 6.42 Å². The van der Waals surface area contributed by atoms with Gasteiger partial charge in [0.25, 0.3) is 5.91 Å². The maximum atomic E-state index is 12.1. The van der Waals surface area contributed by atoms with Gasteiger partial charge < -0.3 is 10.1 Å². The predicted molar refractivity (Wildman–Crippen MR) is 85.5 cm³/mol. The Bertz CT molecular complexity index is 644. The molecule has 1 amide bonds. The summed E-state index contributed by atoms with van der Waals surface area (Å²) in [5.41, 5.74) is 1.42. The van der Waals surface area contributed by atoms with E-state index < -0.39 is 0 Å². The van der Waals surface area contributed by atoms with Crippen molar-refractivity contribution in [1.29, 1.82) is 0 Å². The van der Waals surface area contributed by atoms with E-state index in [-0.39, 0.29) is 10.9 Å². The van der Waals surface area contributed by atoms with E-state index in [9.17, 15) is 4.79 Å². The number of halogens is 2. The van der Waals surface area contributed by atoms with Gasteiger partial charge in [0.2, 0.25) is 0 Å². The van der Waals surface area contributed by atoms with Crippen LogP contribution in [0.5, 0.6) is 5.75 Å². The molecule has 5 heteroatoms. The minimum Gasteiger partial charge on any atom is -0.496 e. The van der Waals surface area contributed by atoms with E-state index in [2.05, 4.69) is 5.32 Å². The molecule has 1 N–H and O–H groups in total. The molecule has 0 aromatic heterocycles. The highest BCUT2D eigenvalue weighted by atomic mass is 35.5. The Morgan fingerprint density at radius 2 is 1.90 bits per heavy atom. The highest BCUT2D eigenvalue weighted by molar-refractivity contribution is 6.43. The number of para-hydroxylation sites is 1. The predicted octanol–water partition coefficient (Wildman–Crippen LogP) is 3.97. The summed E-state index contributed by atoms with van der Waals surface area (Å²) in [5, 5.41) is 3.47. The summed E-state index contributed by atoms with van der Waals surface area (Å²) in [6.45, 7) is 0.488. The molecule has 2 aromatic carbocycles. The number of carbonyl (C=O) groups is 1. The molecule has 0 saturated carbocycles. The van der Waals surface area contributed by atoms with Crippen LogP contribution in [0.3, 0.4) is 0 Å². The minimum absolute atomic E-state index is 0.239. The number of carbonyl (C=O) groups excluding carboxylic acids is 1. The van der Waals surface area contributed by atoms with Crippen LogP contribution >= 0.6 is 23.2 Å². The number of hydrogen-bond acceptors (Lipinski definition) is 2. The number of rotatable bonds is 5. The van der Waals surface area contributed by atoms with E-state index in [1.54, 1.807) is 25.3 Å². The molecule has 0 radical (unpaired) electrons. The third-order valence-corrected chi connectivity index (χ3v) is 3.89. The summed E-state index contributed by atoms with van der Waals surface area (Å²) in [6, 6.07) is 12.7. The van der Waals surface area contributed by atoms with Gasteiger partial charge in [0, 0.05) is 6.54 Å². The molecule has 0 aliphatic rings. The van der Waals surface area contributed by atoms with Crippen molar-refractivity contribution in [3.63, 3.8) is 0 Å². The number of ether oxygens (including phenoxy) is 1. The fourth-order valence-electron chi connectivity index (χ4n) is 1.99. The first kappa shape index (κ1) is 15.7. The molecule has 0 heterocycles. The number of methoxy groups -OCH3 is 1. The molecule has 0 aliphatic heterocycles. The fourth-order valence-corrected chi connectivity index (χ4v) is 2.38. The standard InChI is InChI=1S/C16H15Cl2NO2/c1-21-14-8-3-2-5-11(14)9-10-19-16(20)12-6-4-7-13(17)15(12)18/h2-8H,9-10H2,1H3,(H,19,20). The average molecular weight is 324 g/mol. The third-order valence-electron chi connectivity index (χ3n) is 3.07. The SMILES string of the molecule is COc1ccccc1CCNC(=O)c1cccc(Cl)c1Cl. The molecule has 0 bridgehead atoms. The van der Waals surface area contributed by atoms with Crippen LogP contribution in [-0.4, -0.2) is 19.6 Å². The summed E-state index contributed by atoms with van der Waals surface area (Å²) in [7, 11) is 1.63. The molecule has 2 rings (SSSR count). The first-order valence-corrected chi connectivity index (χ1v) is 7.23. The van der Waals surface area contributed by atoms with E-state index in [4.69, 9.17) is 27.9 Å². The molecule has 0 saturated heterocycles. The van der Waals surface area contributed by atoms with Crippen LogP contribution in [0.1, 0.15) is 15.9 Å². The first-order valence-electron chi connectivity index (χ1n) is 6.47. The summed E-state index contributed by atoms with van der Waals surface area (Å²) in [5.74, 6) is 0.574. The Morgan fingerprint density at radius 3 is 2.67 bits per heavy atom. The lowest BCUT2D eigenvalue weighted by molar-refractivity contribution is 0.0954. The second kappa shape index (κ2) is 7.34. The van der Waals surface area contributed by atoms with Gasteiger partial charge in [0.05, 0.1) is 22.7 Å². The monoisotopic (exact) mass is 323 g/mol. The van der Waals surface area contributed by atoms with E-state index in [1.165, 1.54) is 0 Å². The van der Waals surface area contributed by atoms with Crippen molar-refractivity contribution in [2.75, 3.05) is 13.7 Å². The first-order chi connectivity index (χ1) is 10.1. The second-order valence-corrected chi connectivity index (χ2v) is 5.20. The van der Waals surface area contributed by atoms with Crippen LogP contribution in [0.2, 0.25) is 10.0 Å². The molecule has 0 spiro atoms. The van der Waals surface area contributed by atoms with Crippen LogP contribution in [0.15, 0.2) is 42.5 Å². The van der Waals surface area contributed by atoms with E-state index in [0.717, 1.165) is 11.3 Å². The highest BCUT2D eigenvalue weighted by Gasteiger charge is 2.12. The Labute approximate surface area is 133 Å². The molecule has 2 aromatic rings.